The van der Waals surface area contributed by atoms with Crippen LogP contribution in [0.1, 0.15) is 0 Å². The normalized spacial score (nSPS) is 15.8. The van der Waals surface area contributed by atoms with Gasteiger partial charge in [-0.1, -0.05) is 0 Å². The lowest BCUT2D eigenvalue weighted by molar-refractivity contribution is -0.413. The molecule has 0 bridgehead atoms. The van der Waals surface area contributed by atoms with Gasteiger partial charge < -0.3 is 4.90 Å². The molecule has 0 saturated carbocycles. The standard InChI is InChI=1S/C9H9F12N/c1-22(2)3-5(12,13)7(16,17)9(20,21)8(18,19)6(14,15)4(10)11/h4H,3H2,1-2H3. The monoisotopic (exact) mass is 359 g/mol. The van der Waals surface area contributed by atoms with Crippen LogP contribution in [0.2, 0.25) is 0 Å². The fourth-order valence-corrected chi connectivity index (χ4v) is 1.27. The molecule has 0 spiro atoms. The summed E-state index contributed by atoms with van der Waals surface area (Å²) in [6.45, 7) is -2.22. The summed E-state index contributed by atoms with van der Waals surface area (Å²) < 4.78 is 152. The van der Waals surface area contributed by atoms with Crippen LogP contribution in [0.15, 0.2) is 0 Å². The van der Waals surface area contributed by atoms with E-state index in [2.05, 4.69) is 0 Å². The maximum Gasteiger partial charge on any atom is 0.384 e. The molecule has 0 atom stereocenters. The van der Waals surface area contributed by atoms with Gasteiger partial charge >= 0.3 is 36.0 Å². The maximum atomic E-state index is 13.0. The van der Waals surface area contributed by atoms with Gasteiger partial charge in [-0.25, -0.2) is 8.78 Å². The molecule has 13 heteroatoms. The fourth-order valence-electron chi connectivity index (χ4n) is 1.27. The first-order valence-corrected chi connectivity index (χ1v) is 5.18. The second-order valence-electron chi connectivity index (χ2n) is 4.59. The average Bonchev–Trinajstić information content (AvgIpc) is 2.25. The molecule has 0 aromatic rings. The van der Waals surface area contributed by atoms with E-state index in [1.807, 2.05) is 0 Å². The predicted molar refractivity (Wildman–Crippen MR) is 49.3 cm³/mol. The lowest BCUT2D eigenvalue weighted by atomic mass is 9.94. The van der Waals surface area contributed by atoms with Crippen LogP contribution >= 0.6 is 0 Å². The van der Waals surface area contributed by atoms with E-state index in [9.17, 15) is 52.7 Å². The van der Waals surface area contributed by atoms with Crippen LogP contribution in [0.5, 0.6) is 0 Å². The summed E-state index contributed by atoms with van der Waals surface area (Å²) in [7, 11) is 1.35. The Morgan fingerprint density at radius 3 is 1.32 bits per heavy atom. The lowest BCUT2D eigenvalue weighted by Gasteiger charge is -2.39. The molecule has 0 aromatic carbocycles. The van der Waals surface area contributed by atoms with Crippen LogP contribution in [0.4, 0.5) is 52.7 Å². The van der Waals surface area contributed by atoms with Crippen molar-refractivity contribution in [2.45, 2.75) is 36.0 Å². The van der Waals surface area contributed by atoms with E-state index in [1.165, 1.54) is 0 Å². The van der Waals surface area contributed by atoms with E-state index in [0.717, 1.165) is 0 Å². The Kier molecular flexibility index (Phi) is 5.41. The average molecular weight is 359 g/mol. The smallest absolute Gasteiger partial charge is 0.303 e. The third-order valence-corrected chi connectivity index (χ3v) is 2.46. The molecule has 0 N–H and O–H groups in total. The van der Waals surface area contributed by atoms with E-state index in [-0.39, 0.29) is 4.90 Å². The van der Waals surface area contributed by atoms with Crippen LogP contribution in [-0.2, 0) is 0 Å². The highest BCUT2D eigenvalue weighted by Gasteiger charge is 2.87. The molecular formula is C9H9F12N. The van der Waals surface area contributed by atoms with Gasteiger partial charge in [-0.2, -0.15) is 43.9 Å². The van der Waals surface area contributed by atoms with Crippen LogP contribution in [-0.4, -0.2) is 61.6 Å². The molecule has 0 aliphatic carbocycles. The summed E-state index contributed by atoms with van der Waals surface area (Å²) in [5.74, 6) is -34.7. The quantitative estimate of drug-likeness (QED) is 0.622. The summed E-state index contributed by atoms with van der Waals surface area (Å²) in [4.78, 5) is 0.188. The minimum Gasteiger partial charge on any atom is -0.303 e. The van der Waals surface area contributed by atoms with Gasteiger partial charge in [0.1, 0.15) is 0 Å². The van der Waals surface area contributed by atoms with Crippen molar-refractivity contribution in [2.75, 3.05) is 20.6 Å². The van der Waals surface area contributed by atoms with Crippen molar-refractivity contribution in [3.8, 4) is 0 Å². The highest BCUT2D eigenvalue weighted by molar-refractivity contribution is 5.09. The summed E-state index contributed by atoms with van der Waals surface area (Å²) in [5, 5.41) is 0. The lowest BCUT2D eigenvalue weighted by Crippen LogP contribution is -2.69. The van der Waals surface area contributed by atoms with E-state index >= 15 is 0 Å². The highest BCUT2D eigenvalue weighted by atomic mass is 19.4. The van der Waals surface area contributed by atoms with Crippen LogP contribution in [0.25, 0.3) is 0 Å². The van der Waals surface area contributed by atoms with E-state index < -0.39 is 42.6 Å². The van der Waals surface area contributed by atoms with Crippen molar-refractivity contribution in [1.82, 2.24) is 4.90 Å². The molecule has 1 nitrogen and oxygen atoms in total. The first kappa shape index (κ1) is 21.1. The van der Waals surface area contributed by atoms with Crippen LogP contribution < -0.4 is 0 Å². The maximum absolute atomic E-state index is 13.0. The zero-order chi connectivity index (χ0) is 18.4. The molecule has 22 heavy (non-hydrogen) atoms. The zero-order valence-electron chi connectivity index (χ0n) is 10.8. The summed E-state index contributed by atoms with van der Waals surface area (Å²) in [5.41, 5.74) is 0. The number of nitrogens with zero attached hydrogens (tertiary/aromatic N) is 1. The Morgan fingerprint density at radius 1 is 0.682 bits per heavy atom. The van der Waals surface area contributed by atoms with Crippen molar-refractivity contribution in [3.05, 3.63) is 0 Å². The molecule has 0 heterocycles. The van der Waals surface area contributed by atoms with Gasteiger partial charge in [0.05, 0.1) is 6.54 Å². The molecule has 0 rings (SSSR count). The van der Waals surface area contributed by atoms with Crippen molar-refractivity contribution in [2.24, 2.45) is 0 Å². The first-order chi connectivity index (χ1) is 9.36. The largest absolute Gasteiger partial charge is 0.384 e. The van der Waals surface area contributed by atoms with Crippen LogP contribution in [0, 0.1) is 0 Å². The summed E-state index contributed by atoms with van der Waals surface area (Å²) in [6.07, 6.45) is -5.48. The summed E-state index contributed by atoms with van der Waals surface area (Å²) in [6, 6.07) is 0. The molecule has 134 valence electrons. The van der Waals surface area contributed by atoms with Gasteiger partial charge in [0.25, 0.3) is 0 Å². The van der Waals surface area contributed by atoms with Gasteiger partial charge in [0, 0.05) is 0 Å². The van der Waals surface area contributed by atoms with E-state index in [1.54, 1.807) is 0 Å². The Labute approximate surface area is 115 Å². The molecule has 0 aliphatic heterocycles. The third-order valence-electron chi connectivity index (χ3n) is 2.46. The van der Waals surface area contributed by atoms with Crippen molar-refractivity contribution in [1.29, 1.82) is 0 Å². The van der Waals surface area contributed by atoms with E-state index in [4.69, 9.17) is 0 Å². The molecular weight excluding hydrogens is 350 g/mol. The molecule has 0 unspecified atom stereocenters. The molecule has 0 aromatic heterocycles. The van der Waals surface area contributed by atoms with Crippen molar-refractivity contribution >= 4 is 0 Å². The molecule has 0 radical (unpaired) electrons. The van der Waals surface area contributed by atoms with Gasteiger partial charge in [0.15, 0.2) is 0 Å². The molecule has 0 fully saturated rings. The third kappa shape index (κ3) is 2.95. The number of alkyl halides is 12. The Bertz CT molecular complexity index is 388. The molecule has 0 aliphatic rings. The van der Waals surface area contributed by atoms with Gasteiger partial charge in [-0.3, -0.25) is 0 Å². The number of halogens is 12. The van der Waals surface area contributed by atoms with E-state index in [0.29, 0.717) is 14.1 Å². The van der Waals surface area contributed by atoms with Crippen molar-refractivity contribution in [3.63, 3.8) is 0 Å². The number of rotatable bonds is 7. The van der Waals surface area contributed by atoms with Gasteiger partial charge in [-0.05, 0) is 14.1 Å². The number of hydrogen-bond donors (Lipinski definition) is 0. The first-order valence-electron chi connectivity index (χ1n) is 5.18. The zero-order valence-corrected chi connectivity index (χ0v) is 10.8. The molecule has 0 amide bonds. The SMILES string of the molecule is CN(C)CC(F)(F)C(F)(F)C(F)(F)C(F)(F)C(F)(F)C(F)F. The minimum absolute atomic E-state index is 0.188. The Hall–Kier alpha value is -0.880. The Morgan fingerprint density at radius 2 is 1.05 bits per heavy atom. The predicted octanol–water partition coefficient (Wildman–Crippen LogP) is 3.99. The second-order valence-corrected chi connectivity index (χ2v) is 4.59. The topological polar surface area (TPSA) is 3.24 Å². The van der Waals surface area contributed by atoms with Gasteiger partial charge in [0.2, 0.25) is 0 Å². The minimum atomic E-state index is -7.44. The Balaban J connectivity index is 5.99. The van der Waals surface area contributed by atoms with Crippen LogP contribution in [0.3, 0.4) is 0 Å². The summed E-state index contributed by atoms with van der Waals surface area (Å²) >= 11 is 0. The molecule has 0 saturated heterocycles. The highest BCUT2D eigenvalue weighted by Crippen LogP contribution is 2.58. The van der Waals surface area contributed by atoms with Crippen molar-refractivity contribution < 1.29 is 52.7 Å². The number of hydrogen-bond acceptors (Lipinski definition) is 1. The second kappa shape index (κ2) is 5.64. The fraction of sp³-hybridized carbons (Fsp3) is 1.00. The van der Waals surface area contributed by atoms with Gasteiger partial charge in [-0.15, -0.1) is 0 Å².